The van der Waals surface area contributed by atoms with Gasteiger partial charge >= 0.3 is 0 Å². The molecule has 0 unspecified atom stereocenters. The average Bonchev–Trinajstić information content (AvgIpc) is 2.02. The number of nitrogens with two attached hydrogens (primary N) is 1. The number of hydrogen-bond donors (Lipinski definition) is 1. The lowest BCUT2D eigenvalue weighted by atomic mass is 9.95. The summed E-state index contributed by atoms with van der Waals surface area (Å²) in [5.41, 5.74) is 5.96. The molecule has 0 bridgehead atoms. The van der Waals surface area contributed by atoms with Crippen LogP contribution in [0.15, 0.2) is 23.5 Å². The van der Waals surface area contributed by atoms with Gasteiger partial charge in [0.25, 0.3) is 0 Å². The topological polar surface area (TPSA) is 51.3 Å². The van der Waals surface area contributed by atoms with Crippen LogP contribution in [0.2, 0.25) is 0 Å². The van der Waals surface area contributed by atoms with E-state index in [0.29, 0.717) is 11.5 Å². The van der Waals surface area contributed by atoms with E-state index in [2.05, 4.69) is 9.98 Å². The first-order valence-corrected chi connectivity index (χ1v) is 4.35. The molecule has 0 radical (unpaired) electrons. The van der Waals surface area contributed by atoms with E-state index in [4.69, 9.17) is 5.73 Å². The molecule has 4 heteroatoms. The van der Waals surface area contributed by atoms with Crippen LogP contribution >= 0.6 is 0 Å². The quantitative estimate of drug-likeness (QED) is 0.552. The van der Waals surface area contributed by atoms with Crippen LogP contribution in [0, 0.1) is 11.2 Å². The van der Waals surface area contributed by atoms with E-state index in [1.807, 2.05) is 20.8 Å². The highest BCUT2D eigenvalue weighted by Gasteiger charge is 2.15. The van der Waals surface area contributed by atoms with E-state index in [0.717, 1.165) is 6.20 Å². The Hall–Kier alpha value is -1.45. The summed E-state index contributed by atoms with van der Waals surface area (Å²) in [4.78, 5) is 7.76. The Morgan fingerprint density at radius 1 is 1.43 bits per heavy atom. The van der Waals surface area contributed by atoms with Crippen LogP contribution in [0.5, 0.6) is 0 Å². The van der Waals surface area contributed by atoms with E-state index >= 15 is 0 Å². The first kappa shape index (κ1) is 10.6. The molecular weight excluding hydrogens is 181 g/mol. The molecule has 0 aliphatic heterocycles. The highest BCUT2D eigenvalue weighted by molar-refractivity contribution is 5.87. The molecule has 0 atom stereocenters. The molecule has 1 aromatic heterocycles. The summed E-state index contributed by atoms with van der Waals surface area (Å²) in [6.45, 7) is 5.83. The maximum absolute atomic E-state index is 12.7. The Kier molecular flexibility index (Phi) is 2.84. The van der Waals surface area contributed by atoms with Gasteiger partial charge in [-0.3, -0.25) is 4.98 Å². The van der Waals surface area contributed by atoms with Crippen LogP contribution in [0.25, 0.3) is 0 Å². The first-order valence-electron chi connectivity index (χ1n) is 4.35. The van der Waals surface area contributed by atoms with Gasteiger partial charge in [0.2, 0.25) is 0 Å². The van der Waals surface area contributed by atoms with Crippen molar-refractivity contribution in [1.82, 2.24) is 4.98 Å². The number of aromatic nitrogens is 1. The van der Waals surface area contributed by atoms with Crippen LogP contribution in [0.4, 0.5) is 10.1 Å². The summed E-state index contributed by atoms with van der Waals surface area (Å²) < 4.78 is 12.7. The van der Waals surface area contributed by atoms with Gasteiger partial charge in [0, 0.05) is 11.5 Å². The number of pyridine rings is 1. The van der Waals surface area contributed by atoms with E-state index in [9.17, 15) is 4.39 Å². The number of amidine groups is 1. The maximum atomic E-state index is 12.7. The maximum Gasteiger partial charge on any atom is 0.143 e. The van der Waals surface area contributed by atoms with Crippen molar-refractivity contribution in [3.8, 4) is 0 Å². The Balaban J connectivity index is 2.98. The summed E-state index contributed by atoms with van der Waals surface area (Å²) in [7, 11) is 0. The standard InChI is InChI=1S/C10H14FN3/c1-10(2,3)9(12)14-8-4-7(11)5-13-6-8/h4-6H,1-3H3,(H2,12,14). The first-order chi connectivity index (χ1) is 6.39. The Labute approximate surface area is 82.9 Å². The minimum atomic E-state index is -0.409. The fourth-order valence-electron chi connectivity index (χ4n) is 0.769. The van der Waals surface area contributed by atoms with Crippen molar-refractivity contribution in [2.45, 2.75) is 20.8 Å². The SMILES string of the molecule is CC(C)(C)C(N)=Nc1cncc(F)c1. The predicted octanol–water partition coefficient (Wildman–Crippen LogP) is 2.26. The molecule has 1 rings (SSSR count). The molecule has 0 spiro atoms. The Bertz CT molecular complexity index is 353. The highest BCUT2D eigenvalue weighted by Crippen LogP contribution is 2.18. The molecule has 0 saturated carbocycles. The van der Waals surface area contributed by atoms with Crippen LogP contribution in [0.1, 0.15) is 20.8 Å². The van der Waals surface area contributed by atoms with Crippen molar-refractivity contribution in [3.63, 3.8) is 0 Å². The number of rotatable bonds is 1. The molecule has 0 saturated heterocycles. The third kappa shape index (κ3) is 2.80. The third-order valence-electron chi connectivity index (χ3n) is 1.71. The number of halogens is 1. The second-order valence-electron chi connectivity index (χ2n) is 4.11. The van der Waals surface area contributed by atoms with Gasteiger partial charge in [-0.1, -0.05) is 20.8 Å². The molecule has 3 nitrogen and oxygen atoms in total. The molecule has 0 aliphatic rings. The minimum absolute atomic E-state index is 0.216. The molecule has 0 fully saturated rings. The van der Waals surface area contributed by atoms with Crippen LogP contribution in [-0.2, 0) is 0 Å². The van der Waals surface area contributed by atoms with Crippen LogP contribution in [-0.4, -0.2) is 10.8 Å². The molecule has 2 N–H and O–H groups in total. The average molecular weight is 195 g/mol. The molecule has 0 aliphatic carbocycles. The lowest BCUT2D eigenvalue weighted by Gasteiger charge is -2.16. The number of aliphatic imine (C=N–C) groups is 1. The third-order valence-corrected chi connectivity index (χ3v) is 1.71. The van der Waals surface area contributed by atoms with Gasteiger partial charge in [-0.15, -0.1) is 0 Å². The molecule has 1 aromatic rings. The normalized spacial score (nSPS) is 13.0. The molecule has 0 aromatic carbocycles. The van der Waals surface area contributed by atoms with E-state index in [1.165, 1.54) is 12.3 Å². The second-order valence-corrected chi connectivity index (χ2v) is 4.11. The largest absolute Gasteiger partial charge is 0.387 e. The lowest BCUT2D eigenvalue weighted by molar-refractivity contribution is 0.584. The van der Waals surface area contributed by atoms with Crippen molar-refractivity contribution in [2.24, 2.45) is 16.1 Å². The Morgan fingerprint density at radius 3 is 2.57 bits per heavy atom. The van der Waals surface area contributed by atoms with Crippen LogP contribution in [0.3, 0.4) is 0 Å². The van der Waals surface area contributed by atoms with Gasteiger partial charge in [-0.05, 0) is 0 Å². The molecule has 1 heterocycles. The fraction of sp³-hybridized carbons (Fsp3) is 0.400. The van der Waals surface area contributed by atoms with Gasteiger partial charge in [0.05, 0.1) is 18.1 Å². The van der Waals surface area contributed by atoms with Crippen molar-refractivity contribution in [1.29, 1.82) is 0 Å². The van der Waals surface area contributed by atoms with E-state index in [1.54, 1.807) is 0 Å². The van der Waals surface area contributed by atoms with Gasteiger partial charge < -0.3 is 5.73 Å². The van der Waals surface area contributed by atoms with Crippen molar-refractivity contribution < 1.29 is 4.39 Å². The zero-order valence-corrected chi connectivity index (χ0v) is 8.58. The summed E-state index contributed by atoms with van der Waals surface area (Å²) >= 11 is 0. The molecular formula is C10H14FN3. The summed E-state index contributed by atoms with van der Waals surface area (Å²) in [5, 5.41) is 0. The summed E-state index contributed by atoms with van der Waals surface area (Å²) in [6.07, 6.45) is 2.61. The highest BCUT2D eigenvalue weighted by atomic mass is 19.1. The predicted molar refractivity (Wildman–Crippen MR) is 54.9 cm³/mol. The lowest BCUT2D eigenvalue weighted by Crippen LogP contribution is -2.28. The van der Waals surface area contributed by atoms with Crippen molar-refractivity contribution in [2.75, 3.05) is 0 Å². The molecule has 14 heavy (non-hydrogen) atoms. The van der Waals surface area contributed by atoms with Crippen molar-refractivity contribution in [3.05, 3.63) is 24.3 Å². The second kappa shape index (κ2) is 3.74. The summed E-state index contributed by atoms with van der Waals surface area (Å²) in [5.74, 6) is 0.0536. The van der Waals surface area contributed by atoms with Gasteiger partial charge in [0.15, 0.2) is 0 Å². The van der Waals surface area contributed by atoms with E-state index in [-0.39, 0.29) is 5.41 Å². The zero-order chi connectivity index (χ0) is 10.8. The minimum Gasteiger partial charge on any atom is -0.387 e. The molecule has 76 valence electrons. The van der Waals surface area contributed by atoms with Gasteiger partial charge in [-0.25, -0.2) is 9.38 Å². The van der Waals surface area contributed by atoms with Crippen LogP contribution < -0.4 is 5.73 Å². The smallest absolute Gasteiger partial charge is 0.143 e. The number of nitrogens with zero attached hydrogens (tertiary/aromatic N) is 2. The summed E-state index contributed by atoms with van der Waals surface area (Å²) in [6, 6.07) is 1.30. The monoisotopic (exact) mass is 195 g/mol. The fourth-order valence-corrected chi connectivity index (χ4v) is 0.769. The zero-order valence-electron chi connectivity index (χ0n) is 8.58. The van der Waals surface area contributed by atoms with Gasteiger partial charge in [0.1, 0.15) is 11.7 Å². The molecule has 0 amide bonds. The van der Waals surface area contributed by atoms with E-state index < -0.39 is 5.82 Å². The Morgan fingerprint density at radius 2 is 2.07 bits per heavy atom. The van der Waals surface area contributed by atoms with Gasteiger partial charge in [-0.2, -0.15) is 0 Å². The number of hydrogen-bond acceptors (Lipinski definition) is 2. The van der Waals surface area contributed by atoms with Crippen molar-refractivity contribution >= 4 is 11.5 Å².